The summed E-state index contributed by atoms with van der Waals surface area (Å²) in [6, 6.07) is 7.53. The molecule has 25 heavy (non-hydrogen) atoms. The Labute approximate surface area is 163 Å². The molecule has 1 heterocycles. The van der Waals surface area contributed by atoms with Crippen LogP contribution in [0.2, 0.25) is 0 Å². The van der Waals surface area contributed by atoms with Crippen LogP contribution in [0.1, 0.15) is 38.2 Å². The summed E-state index contributed by atoms with van der Waals surface area (Å²) in [6.07, 6.45) is 3.71. The van der Waals surface area contributed by atoms with Crippen molar-refractivity contribution in [3.63, 3.8) is 0 Å². The lowest BCUT2D eigenvalue weighted by molar-refractivity contribution is -0.117. The number of carbonyl (C=O) groups excluding carboxylic acids is 1. The second-order valence-electron chi connectivity index (χ2n) is 6.49. The van der Waals surface area contributed by atoms with Crippen LogP contribution in [-0.2, 0) is 11.3 Å². The summed E-state index contributed by atoms with van der Waals surface area (Å²) in [5.41, 5.74) is 7.85. The van der Waals surface area contributed by atoms with Crippen molar-refractivity contribution in [1.82, 2.24) is 4.90 Å². The van der Waals surface area contributed by atoms with E-state index in [0.29, 0.717) is 18.9 Å². The Hall–Kier alpha value is -0.850. The SMILES string of the molecule is CCCC(N)C(=O)Nc1cccc(CN2CCC(CO)CC2)c1.Cl.Cl. The fraction of sp³-hybridized carbons (Fsp3) is 0.611. The molecule has 2 rings (SSSR count). The number of carbonyl (C=O) groups is 1. The van der Waals surface area contributed by atoms with Crippen molar-refractivity contribution in [3.05, 3.63) is 29.8 Å². The van der Waals surface area contributed by atoms with Crippen LogP contribution >= 0.6 is 24.8 Å². The Kier molecular flexibility index (Phi) is 12.1. The minimum absolute atomic E-state index is 0. The number of nitrogens with zero attached hydrogens (tertiary/aromatic N) is 1. The van der Waals surface area contributed by atoms with Crippen molar-refractivity contribution in [3.8, 4) is 0 Å². The quantitative estimate of drug-likeness (QED) is 0.667. The van der Waals surface area contributed by atoms with Gasteiger partial charge in [-0.25, -0.2) is 0 Å². The van der Waals surface area contributed by atoms with E-state index in [4.69, 9.17) is 5.73 Å². The summed E-state index contributed by atoms with van der Waals surface area (Å²) in [6.45, 7) is 5.23. The van der Waals surface area contributed by atoms with Crippen molar-refractivity contribution in [2.24, 2.45) is 11.7 Å². The third-order valence-electron chi connectivity index (χ3n) is 4.50. The molecule has 1 unspecified atom stereocenters. The van der Waals surface area contributed by atoms with E-state index in [1.165, 1.54) is 5.56 Å². The van der Waals surface area contributed by atoms with Crippen molar-refractivity contribution >= 4 is 36.4 Å². The number of aliphatic hydroxyl groups excluding tert-OH is 1. The predicted octanol–water partition coefficient (Wildman–Crippen LogP) is 2.80. The number of piperidine rings is 1. The van der Waals surface area contributed by atoms with Gasteiger partial charge in [0.2, 0.25) is 5.91 Å². The standard InChI is InChI=1S/C18H29N3O2.2ClH/c1-2-4-17(19)18(23)20-16-6-3-5-15(11-16)12-21-9-7-14(13-22)8-10-21;;/h3,5-6,11,14,17,22H,2,4,7-10,12-13,19H2,1H3,(H,20,23);2*1H. The summed E-state index contributed by atoms with van der Waals surface area (Å²) < 4.78 is 0. The first-order valence-electron chi connectivity index (χ1n) is 8.61. The number of hydrogen-bond donors (Lipinski definition) is 3. The van der Waals surface area contributed by atoms with Gasteiger partial charge >= 0.3 is 0 Å². The molecule has 144 valence electrons. The number of likely N-dealkylation sites (tertiary alicyclic amines) is 1. The van der Waals surface area contributed by atoms with Crippen molar-refractivity contribution in [1.29, 1.82) is 0 Å². The third kappa shape index (κ3) is 7.92. The molecule has 1 fully saturated rings. The Morgan fingerprint density at radius 3 is 2.64 bits per heavy atom. The predicted molar refractivity (Wildman–Crippen MR) is 108 cm³/mol. The number of aliphatic hydroxyl groups is 1. The van der Waals surface area contributed by atoms with Gasteiger partial charge in [0.15, 0.2) is 0 Å². The molecule has 1 aliphatic rings. The van der Waals surface area contributed by atoms with Gasteiger partial charge < -0.3 is 16.2 Å². The maximum atomic E-state index is 12.0. The molecule has 0 aliphatic carbocycles. The highest BCUT2D eigenvalue weighted by Gasteiger charge is 2.18. The molecule has 4 N–H and O–H groups in total. The fourth-order valence-electron chi connectivity index (χ4n) is 3.01. The topological polar surface area (TPSA) is 78.6 Å². The number of hydrogen-bond acceptors (Lipinski definition) is 4. The first-order valence-corrected chi connectivity index (χ1v) is 8.61. The number of benzene rings is 1. The zero-order valence-electron chi connectivity index (χ0n) is 14.8. The Morgan fingerprint density at radius 2 is 2.04 bits per heavy atom. The van der Waals surface area contributed by atoms with Gasteiger partial charge in [0.1, 0.15) is 0 Å². The molecular formula is C18H31Cl2N3O2. The summed E-state index contributed by atoms with van der Waals surface area (Å²) in [5.74, 6) is 0.338. The second-order valence-corrected chi connectivity index (χ2v) is 6.49. The lowest BCUT2D eigenvalue weighted by atomic mass is 9.97. The van der Waals surface area contributed by atoms with Gasteiger partial charge in [-0.1, -0.05) is 25.5 Å². The van der Waals surface area contributed by atoms with Gasteiger partial charge in [-0.05, 0) is 56.0 Å². The first kappa shape index (κ1) is 24.1. The minimum atomic E-state index is -0.443. The van der Waals surface area contributed by atoms with E-state index >= 15 is 0 Å². The Bertz CT molecular complexity index is 509. The molecule has 1 aromatic carbocycles. The van der Waals surface area contributed by atoms with Crippen molar-refractivity contribution < 1.29 is 9.90 Å². The Balaban J connectivity index is 0.00000288. The van der Waals surface area contributed by atoms with E-state index in [1.807, 2.05) is 25.1 Å². The van der Waals surface area contributed by atoms with Crippen LogP contribution in [0.15, 0.2) is 24.3 Å². The smallest absolute Gasteiger partial charge is 0.241 e. The van der Waals surface area contributed by atoms with Crippen LogP contribution in [0.3, 0.4) is 0 Å². The number of nitrogens with one attached hydrogen (secondary N) is 1. The van der Waals surface area contributed by atoms with Crippen LogP contribution in [0.4, 0.5) is 5.69 Å². The zero-order valence-corrected chi connectivity index (χ0v) is 16.5. The highest BCUT2D eigenvalue weighted by atomic mass is 35.5. The van der Waals surface area contributed by atoms with Gasteiger partial charge in [-0.3, -0.25) is 9.69 Å². The minimum Gasteiger partial charge on any atom is -0.396 e. The van der Waals surface area contributed by atoms with E-state index < -0.39 is 6.04 Å². The number of anilines is 1. The van der Waals surface area contributed by atoms with Gasteiger partial charge in [-0.15, -0.1) is 24.8 Å². The first-order chi connectivity index (χ1) is 11.1. The third-order valence-corrected chi connectivity index (χ3v) is 4.50. The molecule has 0 spiro atoms. The van der Waals surface area contributed by atoms with Crippen molar-refractivity contribution in [2.75, 3.05) is 25.0 Å². The van der Waals surface area contributed by atoms with E-state index in [0.717, 1.165) is 44.6 Å². The monoisotopic (exact) mass is 391 g/mol. The molecule has 7 heteroatoms. The van der Waals surface area contributed by atoms with Gasteiger partial charge in [0, 0.05) is 18.8 Å². The summed E-state index contributed by atoms with van der Waals surface area (Å²) in [7, 11) is 0. The average molecular weight is 392 g/mol. The zero-order chi connectivity index (χ0) is 16.7. The van der Waals surface area contributed by atoms with E-state index in [1.54, 1.807) is 0 Å². The lowest BCUT2D eigenvalue weighted by Gasteiger charge is -2.31. The summed E-state index contributed by atoms with van der Waals surface area (Å²) >= 11 is 0. The normalized spacial score (nSPS) is 16.4. The second kappa shape index (κ2) is 12.5. The molecule has 1 amide bonds. The highest BCUT2D eigenvalue weighted by Crippen LogP contribution is 2.19. The molecule has 1 aromatic rings. The van der Waals surface area contributed by atoms with E-state index in [2.05, 4.69) is 16.3 Å². The Morgan fingerprint density at radius 1 is 1.36 bits per heavy atom. The van der Waals surface area contributed by atoms with Crippen LogP contribution in [0, 0.1) is 5.92 Å². The molecule has 1 atom stereocenters. The number of nitrogens with two attached hydrogens (primary N) is 1. The van der Waals surface area contributed by atoms with Crippen LogP contribution in [-0.4, -0.2) is 41.7 Å². The van der Waals surface area contributed by atoms with Gasteiger partial charge in [0.25, 0.3) is 0 Å². The number of halogens is 2. The number of amides is 1. The van der Waals surface area contributed by atoms with E-state index in [-0.39, 0.29) is 30.7 Å². The van der Waals surface area contributed by atoms with Crippen molar-refractivity contribution in [2.45, 2.75) is 45.2 Å². The maximum absolute atomic E-state index is 12.0. The van der Waals surface area contributed by atoms with E-state index in [9.17, 15) is 9.90 Å². The molecule has 0 radical (unpaired) electrons. The van der Waals surface area contributed by atoms with Crippen LogP contribution < -0.4 is 11.1 Å². The number of rotatable bonds is 7. The molecule has 5 nitrogen and oxygen atoms in total. The highest BCUT2D eigenvalue weighted by molar-refractivity contribution is 5.94. The summed E-state index contributed by atoms with van der Waals surface area (Å²) in [5, 5.41) is 12.1. The average Bonchev–Trinajstić information content (AvgIpc) is 2.56. The molecule has 0 aromatic heterocycles. The molecule has 1 aliphatic heterocycles. The molecular weight excluding hydrogens is 361 g/mol. The largest absolute Gasteiger partial charge is 0.396 e. The molecule has 1 saturated heterocycles. The van der Waals surface area contributed by atoms with Crippen LogP contribution in [0.5, 0.6) is 0 Å². The maximum Gasteiger partial charge on any atom is 0.241 e. The lowest BCUT2D eigenvalue weighted by Crippen LogP contribution is -2.35. The molecule has 0 bridgehead atoms. The summed E-state index contributed by atoms with van der Waals surface area (Å²) in [4.78, 5) is 14.4. The van der Waals surface area contributed by atoms with Gasteiger partial charge in [-0.2, -0.15) is 0 Å². The molecule has 0 saturated carbocycles. The van der Waals surface area contributed by atoms with Crippen LogP contribution in [0.25, 0.3) is 0 Å². The van der Waals surface area contributed by atoms with Gasteiger partial charge in [0.05, 0.1) is 6.04 Å². The fourth-order valence-corrected chi connectivity index (χ4v) is 3.01.